The number of hydrogen-bond donors (Lipinski definition) is 2. The Kier molecular flexibility index (Phi) is 7.28. The number of ether oxygens (including phenoxy) is 1. The van der Waals surface area contributed by atoms with Gasteiger partial charge in [0.15, 0.2) is 0 Å². The molecule has 3 aromatic rings. The van der Waals surface area contributed by atoms with Crippen molar-refractivity contribution in [2.24, 2.45) is 0 Å². The number of rotatable bonds is 7. The van der Waals surface area contributed by atoms with Gasteiger partial charge in [-0.1, -0.05) is 30.3 Å². The summed E-state index contributed by atoms with van der Waals surface area (Å²) in [4.78, 5) is 47.7. The number of carbonyl (C=O) groups is 3. The van der Waals surface area contributed by atoms with Gasteiger partial charge in [-0.05, 0) is 48.0 Å². The van der Waals surface area contributed by atoms with Crippen LogP contribution in [0.2, 0.25) is 0 Å². The summed E-state index contributed by atoms with van der Waals surface area (Å²) >= 11 is 0. The van der Waals surface area contributed by atoms with Crippen LogP contribution >= 0.6 is 0 Å². The van der Waals surface area contributed by atoms with Crippen LogP contribution in [0, 0.1) is 10.1 Å². The van der Waals surface area contributed by atoms with E-state index in [1.165, 1.54) is 55.7 Å². The fraction of sp³-hybridized carbons (Fsp3) is 0.0417. The van der Waals surface area contributed by atoms with E-state index in [0.29, 0.717) is 22.4 Å². The third-order valence-electron chi connectivity index (χ3n) is 4.48. The Morgan fingerprint density at radius 2 is 1.61 bits per heavy atom. The third-order valence-corrected chi connectivity index (χ3v) is 4.48. The first kappa shape index (κ1) is 22.9. The highest BCUT2D eigenvalue weighted by atomic mass is 16.6. The van der Waals surface area contributed by atoms with Gasteiger partial charge in [-0.2, -0.15) is 0 Å². The minimum Gasteiger partial charge on any atom is -0.465 e. The molecule has 0 aromatic heterocycles. The van der Waals surface area contributed by atoms with Crippen molar-refractivity contribution < 1.29 is 24.0 Å². The van der Waals surface area contributed by atoms with Crippen LogP contribution in [0.25, 0.3) is 6.08 Å². The van der Waals surface area contributed by atoms with E-state index in [1.54, 1.807) is 36.4 Å². The Morgan fingerprint density at radius 3 is 2.24 bits per heavy atom. The monoisotopic (exact) mass is 445 g/mol. The molecule has 3 rings (SSSR count). The van der Waals surface area contributed by atoms with Gasteiger partial charge in [-0.15, -0.1) is 0 Å². The quantitative estimate of drug-likeness (QED) is 0.246. The maximum Gasteiger partial charge on any atom is 0.337 e. The van der Waals surface area contributed by atoms with Gasteiger partial charge in [0, 0.05) is 23.4 Å². The van der Waals surface area contributed by atoms with Crippen LogP contribution in [0.5, 0.6) is 0 Å². The summed E-state index contributed by atoms with van der Waals surface area (Å²) in [6, 6.07) is 19.9. The number of nitro groups is 1. The first-order valence-corrected chi connectivity index (χ1v) is 9.69. The predicted octanol–water partition coefficient (Wildman–Crippen LogP) is 3.79. The zero-order valence-corrected chi connectivity index (χ0v) is 17.5. The van der Waals surface area contributed by atoms with Gasteiger partial charge in [-0.25, -0.2) is 4.79 Å². The topological polar surface area (TPSA) is 128 Å². The van der Waals surface area contributed by atoms with Crippen LogP contribution in [0.15, 0.2) is 84.6 Å². The lowest BCUT2D eigenvalue weighted by molar-refractivity contribution is -0.384. The summed E-state index contributed by atoms with van der Waals surface area (Å²) in [7, 11) is 1.26. The SMILES string of the molecule is COC(=O)c1ccc(NC(=O)C(=Cc2cccc([N+](=O)[O-])c2)NC(=O)c2ccccc2)cc1. The summed E-state index contributed by atoms with van der Waals surface area (Å²) in [5.41, 5.74) is 1.07. The molecule has 0 radical (unpaired) electrons. The minimum atomic E-state index is -0.656. The van der Waals surface area contributed by atoms with Gasteiger partial charge in [0.25, 0.3) is 17.5 Å². The molecule has 2 N–H and O–H groups in total. The Morgan fingerprint density at radius 1 is 0.909 bits per heavy atom. The lowest BCUT2D eigenvalue weighted by Crippen LogP contribution is -2.30. The van der Waals surface area contributed by atoms with Crippen molar-refractivity contribution in [1.82, 2.24) is 5.32 Å². The molecule has 33 heavy (non-hydrogen) atoms. The maximum absolute atomic E-state index is 13.0. The number of benzene rings is 3. The van der Waals surface area contributed by atoms with Crippen molar-refractivity contribution in [1.29, 1.82) is 0 Å². The van der Waals surface area contributed by atoms with E-state index in [9.17, 15) is 24.5 Å². The number of esters is 1. The fourth-order valence-electron chi connectivity index (χ4n) is 2.84. The highest BCUT2D eigenvalue weighted by Gasteiger charge is 2.16. The summed E-state index contributed by atoms with van der Waals surface area (Å²) < 4.78 is 4.64. The molecule has 9 heteroatoms. The van der Waals surface area contributed by atoms with Crippen LogP contribution in [-0.2, 0) is 9.53 Å². The van der Waals surface area contributed by atoms with Crippen molar-refractivity contribution >= 4 is 35.2 Å². The maximum atomic E-state index is 13.0. The van der Waals surface area contributed by atoms with E-state index < -0.39 is 22.7 Å². The molecule has 0 saturated heterocycles. The largest absolute Gasteiger partial charge is 0.465 e. The number of amides is 2. The molecule has 0 fully saturated rings. The normalized spacial score (nSPS) is 10.8. The molecule has 2 amide bonds. The van der Waals surface area contributed by atoms with E-state index in [1.807, 2.05) is 0 Å². The lowest BCUT2D eigenvalue weighted by atomic mass is 10.1. The number of nitro benzene ring substituents is 1. The molecule has 3 aromatic carbocycles. The van der Waals surface area contributed by atoms with Crippen molar-refractivity contribution in [2.75, 3.05) is 12.4 Å². The Labute approximate surface area is 188 Å². The van der Waals surface area contributed by atoms with Crippen molar-refractivity contribution in [3.63, 3.8) is 0 Å². The highest BCUT2D eigenvalue weighted by Crippen LogP contribution is 2.17. The molecule has 9 nitrogen and oxygen atoms in total. The Bertz CT molecular complexity index is 1220. The van der Waals surface area contributed by atoms with Gasteiger partial charge in [-0.3, -0.25) is 19.7 Å². The second kappa shape index (κ2) is 10.5. The number of nitrogens with zero attached hydrogens (tertiary/aromatic N) is 1. The second-order valence-electron chi connectivity index (χ2n) is 6.75. The average Bonchev–Trinajstić information content (AvgIpc) is 2.84. The molecule has 0 spiro atoms. The van der Waals surface area contributed by atoms with E-state index >= 15 is 0 Å². The number of methoxy groups -OCH3 is 1. The van der Waals surface area contributed by atoms with Crippen LogP contribution < -0.4 is 10.6 Å². The third kappa shape index (κ3) is 6.11. The van der Waals surface area contributed by atoms with Crippen LogP contribution in [-0.4, -0.2) is 29.8 Å². The summed E-state index contributed by atoms with van der Waals surface area (Å²) in [6.45, 7) is 0. The van der Waals surface area contributed by atoms with Crippen LogP contribution in [0.3, 0.4) is 0 Å². The number of anilines is 1. The van der Waals surface area contributed by atoms with E-state index in [2.05, 4.69) is 15.4 Å². The first-order chi connectivity index (χ1) is 15.9. The lowest BCUT2D eigenvalue weighted by Gasteiger charge is -2.12. The summed E-state index contributed by atoms with van der Waals surface area (Å²) in [5, 5.41) is 16.3. The van der Waals surface area contributed by atoms with Crippen molar-refractivity contribution in [3.05, 3.63) is 111 Å². The highest BCUT2D eigenvalue weighted by molar-refractivity contribution is 6.10. The molecule has 0 unspecified atom stereocenters. The molecule has 0 aliphatic heterocycles. The zero-order chi connectivity index (χ0) is 23.8. The smallest absolute Gasteiger partial charge is 0.337 e. The van der Waals surface area contributed by atoms with Crippen LogP contribution in [0.1, 0.15) is 26.3 Å². The number of carbonyl (C=O) groups excluding carboxylic acids is 3. The summed E-state index contributed by atoms with van der Waals surface area (Å²) in [5.74, 6) is -1.70. The fourth-order valence-corrected chi connectivity index (χ4v) is 2.84. The van der Waals surface area contributed by atoms with E-state index in [0.717, 1.165) is 0 Å². The van der Waals surface area contributed by atoms with Gasteiger partial charge >= 0.3 is 5.97 Å². The Balaban J connectivity index is 1.89. The molecule has 0 saturated carbocycles. The molecule has 0 aliphatic rings. The van der Waals surface area contributed by atoms with Crippen molar-refractivity contribution in [3.8, 4) is 0 Å². The standard InChI is InChI=1S/C24H19N3O6/c1-33-24(30)18-10-12-19(13-11-18)25-23(29)21(26-22(28)17-7-3-2-4-8-17)15-16-6-5-9-20(14-16)27(31)32/h2-15H,1H3,(H,25,29)(H,26,28). The van der Waals surface area contributed by atoms with Crippen molar-refractivity contribution in [2.45, 2.75) is 0 Å². The molecular weight excluding hydrogens is 426 g/mol. The zero-order valence-electron chi connectivity index (χ0n) is 17.5. The average molecular weight is 445 g/mol. The van der Waals surface area contributed by atoms with Gasteiger partial charge in [0.1, 0.15) is 5.70 Å². The Hall–Kier alpha value is -4.79. The minimum absolute atomic E-state index is 0.124. The van der Waals surface area contributed by atoms with E-state index in [4.69, 9.17) is 0 Å². The number of nitrogens with one attached hydrogen (secondary N) is 2. The predicted molar refractivity (Wildman–Crippen MR) is 121 cm³/mol. The molecule has 0 atom stereocenters. The molecule has 0 bridgehead atoms. The van der Waals surface area contributed by atoms with Crippen LogP contribution in [0.4, 0.5) is 11.4 Å². The number of hydrogen-bond acceptors (Lipinski definition) is 6. The molecule has 0 heterocycles. The van der Waals surface area contributed by atoms with Gasteiger partial charge in [0.05, 0.1) is 17.6 Å². The van der Waals surface area contributed by atoms with E-state index in [-0.39, 0.29) is 11.4 Å². The molecule has 166 valence electrons. The molecular formula is C24H19N3O6. The second-order valence-corrected chi connectivity index (χ2v) is 6.75. The van der Waals surface area contributed by atoms with Gasteiger partial charge in [0.2, 0.25) is 0 Å². The summed E-state index contributed by atoms with van der Waals surface area (Å²) in [6.07, 6.45) is 1.34. The number of non-ortho nitro benzene ring substituents is 1. The first-order valence-electron chi connectivity index (χ1n) is 9.69. The van der Waals surface area contributed by atoms with Gasteiger partial charge < -0.3 is 15.4 Å². The molecule has 0 aliphatic carbocycles.